The molecule has 0 aliphatic heterocycles. The largest absolute Gasteiger partial charge is 0.449 e. The fourth-order valence-corrected chi connectivity index (χ4v) is 2.13. The Bertz CT molecular complexity index is 609. The summed E-state index contributed by atoms with van der Waals surface area (Å²) in [5.41, 5.74) is 1.86. The van der Waals surface area contributed by atoms with Crippen molar-refractivity contribution in [2.24, 2.45) is 11.1 Å². The molecule has 0 fully saturated rings. The normalized spacial score (nSPS) is 11.5. The second-order valence-corrected chi connectivity index (χ2v) is 6.64. The fourth-order valence-electron chi connectivity index (χ4n) is 1.51. The van der Waals surface area contributed by atoms with Gasteiger partial charge in [-0.2, -0.15) is 0 Å². The Hall–Kier alpha value is -1.60. The van der Waals surface area contributed by atoms with E-state index in [1.54, 1.807) is 13.8 Å². The predicted molar refractivity (Wildman–Crippen MR) is 77.1 cm³/mol. The van der Waals surface area contributed by atoms with Crippen LogP contribution in [-0.2, 0) is 14.8 Å². The molecule has 1 aromatic rings. The van der Waals surface area contributed by atoms with Gasteiger partial charge in [0.15, 0.2) is 0 Å². The van der Waals surface area contributed by atoms with Gasteiger partial charge in [-0.3, -0.25) is 5.32 Å². The molecule has 1 rings (SSSR count). The number of sulfonamides is 1. The molecule has 3 N–H and O–H groups in total. The van der Waals surface area contributed by atoms with Crippen molar-refractivity contribution in [2.75, 3.05) is 11.9 Å². The van der Waals surface area contributed by atoms with Crippen LogP contribution in [0.1, 0.15) is 25.0 Å². The molecule has 0 heterocycles. The Morgan fingerprint density at radius 1 is 1.35 bits per heavy atom. The van der Waals surface area contributed by atoms with Crippen molar-refractivity contribution in [3.05, 3.63) is 23.3 Å². The molecule has 0 unspecified atom stereocenters. The maximum absolute atomic E-state index is 11.6. The van der Waals surface area contributed by atoms with Gasteiger partial charge < -0.3 is 4.74 Å². The quantitative estimate of drug-likeness (QED) is 0.890. The maximum atomic E-state index is 11.6. The van der Waals surface area contributed by atoms with Gasteiger partial charge in [-0.15, -0.1) is 0 Å². The third-order valence-electron chi connectivity index (χ3n) is 2.75. The smallest absolute Gasteiger partial charge is 0.411 e. The van der Waals surface area contributed by atoms with Crippen LogP contribution in [0.5, 0.6) is 0 Å². The molecule has 0 spiro atoms. The zero-order chi connectivity index (χ0) is 15.5. The first-order chi connectivity index (χ1) is 9.11. The third kappa shape index (κ3) is 4.50. The Kier molecular flexibility index (Phi) is 5.13. The maximum Gasteiger partial charge on any atom is 0.411 e. The summed E-state index contributed by atoms with van der Waals surface area (Å²) in [5.74, 6) is 0.222. The summed E-state index contributed by atoms with van der Waals surface area (Å²) in [7, 11) is -3.82. The van der Waals surface area contributed by atoms with E-state index in [2.05, 4.69) is 5.32 Å². The van der Waals surface area contributed by atoms with Crippen LogP contribution in [0, 0.1) is 19.8 Å². The van der Waals surface area contributed by atoms with Crippen LogP contribution < -0.4 is 10.5 Å². The average molecular weight is 300 g/mol. The summed E-state index contributed by atoms with van der Waals surface area (Å²) in [6.45, 7) is 7.66. The molecule has 0 aliphatic carbocycles. The number of hydrogen-bond donors (Lipinski definition) is 2. The van der Waals surface area contributed by atoms with Gasteiger partial charge in [0.2, 0.25) is 10.0 Å². The highest BCUT2D eigenvalue weighted by Crippen LogP contribution is 2.23. The topological polar surface area (TPSA) is 98.5 Å². The Labute approximate surface area is 119 Å². The molecule has 0 radical (unpaired) electrons. The van der Waals surface area contributed by atoms with Crippen molar-refractivity contribution >= 4 is 21.8 Å². The lowest BCUT2D eigenvalue weighted by atomic mass is 10.1. The molecule has 0 saturated carbocycles. The Morgan fingerprint density at radius 3 is 2.45 bits per heavy atom. The monoisotopic (exact) mass is 300 g/mol. The summed E-state index contributed by atoms with van der Waals surface area (Å²) < 4.78 is 27.8. The van der Waals surface area contributed by atoms with Crippen LogP contribution >= 0.6 is 0 Å². The summed E-state index contributed by atoms with van der Waals surface area (Å²) in [6, 6.07) is 2.80. The van der Waals surface area contributed by atoms with E-state index >= 15 is 0 Å². The molecule has 0 atom stereocenters. The minimum atomic E-state index is -3.82. The van der Waals surface area contributed by atoms with E-state index in [0.29, 0.717) is 12.3 Å². The number of carbonyl (C=O) groups excluding carboxylic acids is 1. The number of hydrogen-bond acceptors (Lipinski definition) is 4. The lowest BCUT2D eigenvalue weighted by molar-refractivity contribution is 0.147. The number of benzene rings is 1. The molecule has 7 heteroatoms. The van der Waals surface area contributed by atoms with Crippen molar-refractivity contribution in [3.8, 4) is 0 Å². The first-order valence-corrected chi connectivity index (χ1v) is 7.73. The number of carbonyl (C=O) groups is 1. The molecule has 1 aromatic carbocycles. The van der Waals surface area contributed by atoms with Crippen molar-refractivity contribution < 1.29 is 17.9 Å². The van der Waals surface area contributed by atoms with E-state index in [9.17, 15) is 13.2 Å². The van der Waals surface area contributed by atoms with Crippen LogP contribution in [0.15, 0.2) is 17.0 Å². The van der Waals surface area contributed by atoms with Gasteiger partial charge in [0, 0.05) is 5.69 Å². The molecule has 1 amide bonds. The van der Waals surface area contributed by atoms with Crippen LogP contribution in [-0.4, -0.2) is 21.1 Å². The number of ether oxygens (including phenoxy) is 1. The molecule has 6 nitrogen and oxygen atoms in total. The van der Waals surface area contributed by atoms with Gasteiger partial charge in [-0.1, -0.05) is 13.8 Å². The average Bonchev–Trinajstić information content (AvgIpc) is 2.30. The third-order valence-corrected chi connectivity index (χ3v) is 3.65. The van der Waals surface area contributed by atoms with Gasteiger partial charge >= 0.3 is 6.09 Å². The van der Waals surface area contributed by atoms with Crippen LogP contribution in [0.3, 0.4) is 0 Å². The van der Waals surface area contributed by atoms with E-state index in [1.165, 1.54) is 12.1 Å². The molecular weight excluding hydrogens is 280 g/mol. The van der Waals surface area contributed by atoms with Gasteiger partial charge in [-0.25, -0.2) is 18.4 Å². The SMILES string of the molecule is Cc1cc(S(N)(=O)=O)cc(NC(=O)OCC(C)C)c1C. The number of aryl methyl sites for hydroxylation is 1. The Balaban J connectivity index is 3.00. The molecular formula is C13H20N2O4S. The number of amides is 1. The van der Waals surface area contributed by atoms with Crippen LogP contribution in [0.25, 0.3) is 0 Å². The molecule has 20 heavy (non-hydrogen) atoms. The standard InChI is InChI=1S/C13H20N2O4S/c1-8(2)7-19-13(16)15-12-6-11(20(14,17)18)5-9(3)10(12)4/h5-6,8H,7H2,1-4H3,(H,15,16)(H2,14,17,18). The summed E-state index contributed by atoms with van der Waals surface area (Å²) >= 11 is 0. The van der Waals surface area contributed by atoms with E-state index in [4.69, 9.17) is 9.88 Å². The summed E-state index contributed by atoms with van der Waals surface area (Å²) in [5, 5.41) is 7.64. The van der Waals surface area contributed by atoms with Gasteiger partial charge in [0.05, 0.1) is 11.5 Å². The molecule has 0 saturated heterocycles. The van der Waals surface area contributed by atoms with Gasteiger partial charge in [0.25, 0.3) is 0 Å². The van der Waals surface area contributed by atoms with Crippen molar-refractivity contribution in [1.29, 1.82) is 0 Å². The number of rotatable bonds is 4. The minimum Gasteiger partial charge on any atom is -0.449 e. The minimum absolute atomic E-state index is 0.0419. The number of primary sulfonamides is 1. The highest BCUT2D eigenvalue weighted by molar-refractivity contribution is 7.89. The zero-order valence-electron chi connectivity index (χ0n) is 12.1. The highest BCUT2D eigenvalue weighted by Gasteiger charge is 2.14. The van der Waals surface area contributed by atoms with Crippen molar-refractivity contribution in [3.63, 3.8) is 0 Å². The second-order valence-electron chi connectivity index (χ2n) is 5.08. The highest BCUT2D eigenvalue weighted by atomic mass is 32.2. The number of nitrogens with one attached hydrogen (secondary N) is 1. The van der Waals surface area contributed by atoms with E-state index in [-0.39, 0.29) is 10.8 Å². The van der Waals surface area contributed by atoms with Gasteiger partial charge in [0.1, 0.15) is 0 Å². The zero-order valence-corrected chi connectivity index (χ0v) is 12.9. The number of anilines is 1. The van der Waals surface area contributed by atoms with Crippen LogP contribution in [0.4, 0.5) is 10.5 Å². The second kappa shape index (κ2) is 6.23. The summed E-state index contributed by atoms with van der Waals surface area (Å²) in [4.78, 5) is 11.6. The van der Waals surface area contributed by atoms with Gasteiger partial charge in [-0.05, 0) is 43.0 Å². The fraction of sp³-hybridized carbons (Fsp3) is 0.462. The summed E-state index contributed by atoms with van der Waals surface area (Å²) in [6.07, 6.45) is -0.618. The van der Waals surface area contributed by atoms with E-state index in [0.717, 1.165) is 11.1 Å². The molecule has 0 aromatic heterocycles. The van der Waals surface area contributed by atoms with Crippen LogP contribution in [0.2, 0.25) is 0 Å². The lowest BCUT2D eigenvalue weighted by Gasteiger charge is -2.13. The van der Waals surface area contributed by atoms with Crippen molar-refractivity contribution in [1.82, 2.24) is 0 Å². The lowest BCUT2D eigenvalue weighted by Crippen LogP contribution is -2.18. The Morgan fingerprint density at radius 2 is 1.95 bits per heavy atom. The molecule has 0 bridgehead atoms. The molecule has 112 valence electrons. The molecule has 0 aliphatic rings. The van der Waals surface area contributed by atoms with E-state index in [1.807, 2.05) is 13.8 Å². The first-order valence-electron chi connectivity index (χ1n) is 6.19. The predicted octanol–water partition coefficient (Wildman–Crippen LogP) is 2.16. The number of nitrogens with two attached hydrogens (primary N) is 1. The van der Waals surface area contributed by atoms with Crippen molar-refractivity contribution in [2.45, 2.75) is 32.6 Å². The first kappa shape index (κ1) is 16.5. The van der Waals surface area contributed by atoms with E-state index < -0.39 is 16.1 Å².